The van der Waals surface area contributed by atoms with E-state index in [4.69, 9.17) is 4.74 Å². The summed E-state index contributed by atoms with van der Waals surface area (Å²) in [6.45, 7) is 3.03. The maximum absolute atomic E-state index is 12.3. The van der Waals surface area contributed by atoms with Gasteiger partial charge < -0.3 is 20.7 Å². The molecular weight excluding hydrogens is 318 g/mol. The normalized spacial score (nSPS) is 15.0. The molecule has 3 rings (SSSR count). The van der Waals surface area contributed by atoms with Gasteiger partial charge in [0.2, 0.25) is 0 Å². The Hall–Kier alpha value is -3.02. The predicted octanol–water partition coefficient (Wildman–Crippen LogP) is 3.08. The van der Waals surface area contributed by atoms with Crippen molar-refractivity contribution in [3.63, 3.8) is 0 Å². The van der Waals surface area contributed by atoms with Crippen LogP contribution in [0.4, 0.5) is 10.5 Å². The summed E-state index contributed by atoms with van der Waals surface area (Å²) in [6.07, 6.45) is 0.872. The van der Waals surface area contributed by atoms with Gasteiger partial charge in [0, 0.05) is 23.4 Å². The molecule has 1 aliphatic rings. The van der Waals surface area contributed by atoms with Crippen molar-refractivity contribution in [1.29, 1.82) is 0 Å². The van der Waals surface area contributed by atoms with E-state index in [2.05, 4.69) is 16.0 Å². The van der Waals surface area contributed by atoms with Gasteiger partial charge in [-0.1, -0.05) is 31.2 Å². The van der Waals surface area contributed by atoms with Gasteiger partial charge in [-0.3, -0.25) is 4.79 Å². The fourth-order valence-electron chi connectivity index (χ4n) is 2.69. The highest BCUT2D eigenvalue weighted by molar-refractivity contribution is 5.96. The second-order valence-electron chi connectivity index (χ2n) is 5.84. The minimum atomic E-state index is -0.337. The zero-order chi connectivity index (χ0) is 17.6. The molecule has 1 aliphatic heterocycles. The van der Waals surface area contributed by atoms with Gasteiger partial charge in [0.15, 0.2) is 0 Å². The Labute approximate surface area is 146 Å². The van der Waals surface area contributed by atoms with Gasteiger partial charge in [0.25, 0.3) is 5.91 Å². The molecule has 1 atom stereocenters. The molecule has 6 nitrogen and oxygen atoms in total. The van der Waals surface area contributed by atoms with E-state index in [1.54, 1.807) is 24.3 Å². The molecule has 6 heteroatoms. The van der Waals surface area contributed by atoms with Gasteiger partial charge in [0.1, 0.15) is 12.4 Å². The molecule has 2 aromatic rings. The third-order valence-corrected chi connectivity index (χ3v) is 3.92. The van der Waals surface area contributed by atoms with Gasteiger partial charge in [-0.15, -0.1) is 0 Å². The van der Waals surface area contributed by atoms with Crippen LogP contribution in [0.1, 0.15) is 35.3 Å². The summed E-state index contributed by atoms with van der Waals surface area (Å²) in [7, 11) is 0. The zero-order valence-electron chi connectivity index (χ0n) is 14.0. The Kier molecular flexibility index (Phi) is 5.18. The molecule has 1 unspecified atom stereocenters. The Morgan fingerprint density at radius 3 is 2.84 bits per heavy atom. The predicted molar refractivity (Wildman–Crippen MR) is 95.9 cm³/mol. The van der Waals surface area contributed by atoms with Crippen molar-refractivity contribution >= 4 is 17.6 Å². The minimum Gasteiger partial charge on any atom is -0.491 e. The Morgan fingerprint density at radius 2 is 2.00 bits per heavy atom. The summed E-state index contributed by atoms with van der Waals surface area (Å²) in [5.41, 5.74) is 2.04. The number of anilines is 1. The summed E-state index contributed by atoms with van der Waals surface area (Å²) in [5.74, 6) is 0.645. The number of nitrogens with one attached hydrogen (secondary N) is 3. The molecule has 3 N–H and O–H groups in total. The number of fused-ring (bicyclic) bond motifs is 1. The fraction of sp³-hybridized carbons (Fsp3) is 0.263. The standard InChI is InChI=1S/C19H21N3O3/c1-2-10-20-18(23)13-6-5-7-14(11-13)21-19(24)22-16-12-25-17-9-4-3-8-15(16)17/h3-9,11,16H,2,10,12H2,1H3,(H,20,23)(H2,21,22,24). The van der Waals surface area contributed by atoms with Gasteiger partial charge in [0.05, 0.1) is 6.04 Å². The summed E-state index contributed by atoms with van der Waals surface area (Å²) < 4.78 is 5.55. The second-order valence-corrected chi connectivity index (χ2v) is 5.84. The molecule has 25 heavy (non-hydrogen) atoms. The number of urea groups is 1. The van der Waals surface area contributed by atoms with Crippen LogP contribution in [-0.4, -0.2) is 25.1 Å². The maximum Gasteiger partial charge on any atom is 0.319 e. The summed E-state index contributed by atoms with van der Waals surface area (Å²) in [4.78, 5) is 24.3. The van der Waals surface area contributed by atoms with E-state index in [-0.39, 0.29) is 18.0 Å². The number of para-hydroxylation sites is 1. The topological polar surface area (TPSA) is 79.5 Å². The molecule has 0 saturated heterocycles. The zero-order valence-corrected chi connectivity index (χ0v) is 14.0. The van der Waals surface area contributed by atoms with Crippen LogP contribution in [0, 0.1) is 0 Å². The van der Waals surface area contributed by atoms with Crippen LogP contribution in [0.2, 0.25) is 0 Å². The first kappa shape index (κ1) is 16.8. The van der Waals surface area contributed by atoms with Crippen molar-refractivity contribution in [2.45, 2.75) is 19.4 Å². The molecule has 1 heterocycles. The molecule has 130 valence electrons. The van der Waals surface area contributed by atoms with Crippen molar-refractivity contribution in [1.82, 2.24) is 10.6 Å². The van der Waals surface area contributed by atoms with Crippen molar-refractivity contribution in [2.24, 2.45) is 0 Å². The molecule has 3 amide bonds. The van der Waals surface area contributed by atoms with Crippen LogP contribution in [0.15, 0.2) is 48.5 Å². The number of hydrogen-bond acceptors (Lipinski definition) is 3. The number of ether oxygens (including phenoxy) is 1. The number of rotatable bonds is 5. The lowest BCUT2D eigenvalue weighted by atomic mass is 10.1. The quantitative estimate of drug-likeness (QED) is 0.783. The van der Waals surface area contributed by atoms with Crippen molar-refractivity contribution in [3.8, 4) is 5.75 Å². The monoisotopic (exact) mass is 339 g/mol. The van der Waals surface area contributed by atoms with Crippen molar-refractivity contribution in [3.05, 3.63) is 59.7 Å². The SMILES string of the molecule is CCCNC(=O)c1cccc(NC(=O)NC2COc3ccccc32)c1. The first-order valence-corrected chi connectivity index (χ1v) is 8.35. The van der Waals surface area contributed by atoms with Crippen molar-refractivity contribution < 1.29 is 14.3 Å². The van der Waals surface area contributed by atoms with Crippen LogP contribution < -0.4 is 20.7 Å². The number of carbonyl (C=O) groups excluding carboxylic acids is 2. The first-order chi connectivity index (χ1) is 12.2. The Balaban J connectivity index is 1.61. The van der Waals surface area contributed by atoms with E-state index in [9.17, 15) is 9.59 Å². The van der Waals surface area contributed by atoms with Gasteiger partial charge in [-0.25, -0.2) is 4.79 Å². The highest BCUT2D eigenvalue weighted by Crippen LogP contribution is 2.31. The van der Waals surface area contributed by atoms with E-state index >= 15 is 0 Å². The first-order valence-electron chi connectivity index (χ1n) is 8.35. The summed E-state index contributed by atoms with van der Waals surface area (Å²) in [5, 5.41) is 8.47. The largest absolute Gasteiger partial charge is 0.491 e. The number of hydrogen-bond donors (Lipinski definition) is 3. The Bertz CT molecular complexity index is 776. The molecule has 0 radical (unpaired) electrons. The second kappa shape index (κ2) is 7.70. The van der Waals surface area contributed by atoms with E-state index in [0.717, 1.165) is 17.7 Å². The molecule has 0 aromatic heterocycles. The highest BCUT2D eigenvalue weighted by atomic mass is 16.5. The Morgan fingerprint density at radius 1 is 1.16 bits per heavy atom. The average molecular weight is 339 g/mol. The molecule has 0 aliphatic carbocycles. The van der Waals surface area contributed by atoms with Crippen molar-refractivity contribution in [2.75, 3.05) is 18.5 Å². The average Bonchev–Trinajstić information content (AvgIpc) is 3.03. The lowest BCUT2D eigenvalue weighted by Gasteiger charge is -2.13. The fourth-order valence-corrected chi connectivity index (χ4v) is 2.69. The van der Waals surface area contributed by atoms with Gasteiger partial charge in [-0.05, 0) is 30.7 Å². The summed E-state index contributed by atoms with van der Waals surface area (Å²) in [6, 6.07) is 14.0. The molecule has 0 bridgehead atoms. The smallest absolute Gasteiger partial charge is 0.319 e. The molecule has 0 saturated carbocycles. The lowest BCUT2D eigenvalue weighted by molar-refractivity contribution is 0.0953. The molecule has 0 spiro atoms. The third kappa shape index (κ3) is 4.09. The number of carbonyl (C=O) groups is 2. The van der Waals surface area contributed by atoms with Gasteiger partial charge >= 0.3 is 6.03 Å². The van der Waals surface area contributed by atoms with E-state index in [1.165, 1.54) is 0 Å². The highest BCUT2D eigenvalue weighted by Gasteiger charge is 2.25. The third-order valence-electron chi connectivity index (χ3n) is 3.92. The van der Waals surface area contributed by atoms with E-state index in [1.807, 2.05) is 31.2 Å². The van der Waals surface area contributed by atoms with Crippen LogP contribution in [0.3, 0.4) is 0 Å². The minimum absolute atomic E-state index is 0.149. The van der Waals surface area contributed by atoms with E-state index in [0.29, 0.717) is 24.4 Å². The number of amides is 3. The molecular formula is C19H21N3O3. The van der Waals surface area contributed by atoms with Gasteiger partial charge in [-0.2, -0.15) is 0 Å². The number of benzene rings is 2. The lowest BCUT2D eigenvalue weighted by Crippen LogP contribution is -2.33. The van der Waals surface area contributed by atoms with Crippen LogP contribution >= 0.6 is 0 Å². The molecule has 0 fully saturated rings. The maximum atomic E-state index is 12.3. The molecule has 2 aromatic carbocycles. The summed E-state index contributed by atoms with van der Waals surface area (Å²) >= 11 is 0. The van der Waals surface area contributed by atoms with Crippen LogP contribution in [-0.2, 0) is 0 Å². The van der Waals surface area contributed by atoms with Crippen LogP contribution in [0.25, 0.3) is 0 Å². The van der Waals surface area contributed by atoms with Crippen LogP contribution in [0.5, 0.6) is 5.75 Å². The van der Waals surface area contributed by atoms with E-state index < -0.39 is 0 Å².